The summed E-state index contributed by atoms with van der Waals surface area (Å²) in [7, 11) is 1.75. The Labute approximate surface area is 339 Å². The summed E-state index contributed by atoms with van der Waals surface area (Å²) in [5.41, 5.74) is 3.49. The number of nitrogens with one attached hydrogen (secondary N) is 1. The second-order valence-electron chi connectivity index (χ2n) is 16.9. The van der Waals surface area contributed by atoms with E-state index >= 15 is 0 Å². The van der Waals surface area contributed by atoms with Gasteiger partial charge in [0.1, 0.15) is 12.0 Å². The highest BCUT2D eigenvalue weighted by atomic mass is 19.3. The number of fused-ring (bicyclic) bond motifs is 1. The summed E-state index contributed by atoms with van der Waals surface area (Å²) in [5.74, 6) is 0.698. The maximum absolute atomic E-state index is 14.1. The number of likely N-dealkylation sites (tertiary alicyclic amines) is 2. The predicted molar refractivity (Wildman–Crippen MR) is 214 cm³/mol. The molecular formula is C43H49F2N9O5. The predicted octanol–water partition coefficient (Wildman–Crippen LogP) is 6.14. The van der Waals surface area contributed by atoms with E-state index in [4.69, 9.17) is 4.42 Å². The number of hydrogen-bond donors (Lipinski definition) is 1. The molecule has 14 nitrogen and oxygen atoms in total. The molecule has 0 bridgehead atoms. The van der Waals surface area contributed by atoms with Gasteiger partial charge < -0.3 is 9.73 Å². The minimum Gasteiger partial charge on any atom is -0.444 e. The third-order valence-corrected chi connectivity index (χ3v) is 12.7. The van der Waals surface area contributed by atoms with Crippen LogP contribution in [0.3, 0.4) is 0 Å². The number of pyridine rings is 1. The smallest absolute Gasteiger partial charge is 0.329 e. The van der Waals surface area contributed by atoms with Crippen molar-refractivity contribution in [2.24, 2.45) is 18.9 Å². The molecule has 9 rings (SSSR count). The summed E-state index contributed by atoms with van der Waals surface area (Å²) in [6.07, 6.45) is 9.75. The molecule has 1 atom stereocenters. The third kappa shape index (κ3) is 8.29. The number of carbonyl (C=O) groups excluding carboxylic acids is 3. The number of nitrogens with zero attached hydrogens (tertiary/aromatic N) is 8. The van der Waals surface area contributed by atoms with Crippen LogP contribution in [0.4, 0.5) is 14.5 Å². The topological polar surface area (TPSA) is 153 Å². The SMILES string of the molecule is Cn1c(=O)n(C2CCC(=O)CC2=O)c2cccc(CN3CCC(CCN4CC(n5cc(NC(=O)c6coc(-c7ccnc(CCC8CC8)c7)n6)c(C(F)F)n5)C4)CC3)c21. The van der Waals surface area contributed by atoms with E-state index in [0.29, 0.717) is 44.0 Å². The molecule has 2 aliphatic carbocycles. The van der Waals surface area contributed by atoms with Gasteiger partial charge in [0.25, 0.3) is 12.3 Å². The van der Waals surface area contributed by atoms with Gasteiger partial charge >= 0.3 is 5.69 Å². The molecule has 6 heterocycles. The molecule has 5 aromatic rings. The monoisotopic (exact) mass is 809 g/mol. The number of piperidine rings is 1. The number of alkyl halides is 2. The molecular weight excluding hydrogens is 761 g/mol. The fourth-order valence-electron chi connectivity index (χ4n) is 9.07. The number of para-hydroxylation sites is 1. The van der Waals surface area contributed by atoms with E-state index < -0.39 is 24.1 Å². The van der Waals surface area contributed by atoms with Gasteiger partial charge in [0, 0.05) is 56.8 Å². The van der Waals surface area contributed by atoms with Crippen LogP contribution in [0.2, 0.25) is 0 Å². The molecule has 1 unspecified atom stereocenters. The first kappa shape index (κ1) is 39.1. The van der Waals surface area contributed by atoms with Crippen molar-refractivity contribution in [2.45, 2.75) is 89.3 Å². The number of benzene rings is 1. The quantitative estimate of drug-likeness (QED) is 0.130. The highest BCUT2D eigenvalue weighted by Gasteiger charge is 2.34. The summed E-state index contributed by atoms with van der Waals surface area (Å²) in [4.78, 5) is 64.6. The van der Waals surface area contributed by atoms with Crippen molar-refractivity contribution in [1.82, 2.24) is 38.7 Å². The van der Waals surface area contributed by atoms with Crippen molar-refractivity contribution < 1.29 is 27.6 Å². The lowest BCUT2D eigenvalue weighted by Crippen LogP contribution is -2.48. The standard InChI is InChI=1S/C43H49F2N9O5/c1-50-39-29(3-2-4-36(39)54(43(50)58)35-10-9-32(55)20-37(35)56)21-51-16-12-27(13-17-51)14-18-52-22-31(23-52)53-24-33(38(49-53)40(44)45)47-41(57)34-25-59-42(48-34)28-11-15-46-30(19-28)8-7-26-5-6-26/h2-4,11,15,19,24-27,31,35,40H,5-10,12-14,16-18,20-23H2,1H3,(H,47,57). The van der Waals surface area contributed by atoms with Crippen molar-refractivity contribution in [2.75, 3.05) is 38.0 Å². The number of Topliss-reactive ketones (excluding diaryl/α,β-unsaturated/α-hetero) is 2. The zero-order valence-corrected chi connectivity index (χ0v) is 33.2. The minimum absolute atomic E-state index is 0.0157. The Balaban J connectivity index is 0.751. The molecule has 59 heavy (non-hydrogen) atoms. The van der Waals surface area contributed by atoms with E-state index in [-0.39, 0.29) is 47.0 Å². The molecule has 0 radical (unpaired) electrons. The normalized spacial score (nSPS) is 19.9. The zero-order chi connectivity index (χ0) is 40.8. The van der Waals surface area contributed by atoms with Gasteiger partial charge in [-0.25, -0.2) is 18.6 Å². The van der Waals surface area contributed by atoms with Gasteiger partial charge in [0.05, 0.1) is 35.2 Å². The largest absolute Gasteiger partial charge is 0.444 e. The maximum atomic E-state index is 14.1. The Hall–Kier alpha value is -5.35. The zero-order valence-electron chi connectivity index (χ0n) is 33.2. The van der Waals surface area contributed by atoms with Gasteiger partial charge in [0.2, 0.25) is 5.89 Å². The van der Waals surface area contributed by atoms with E-state index in [1.165, 1.54) is 25.3 Å². The Morgan fingerprint density at radius 3 is 2.56 bits per heavy atom. The van der Waals surface area contributed by atoms with Crippen LogP contribution in [0.15, 0.2) is 58.2 Å². The number of hydrogen-bond acceptors (Lipinski definition) is 10. The van der Waals surface area contributed by atoms with Crippen LogP contribution >= 0.6 is 0 Å². The molecule has 16 heteroatoms. The lowest BCUT2D eigenvalue weighted by Gasteiger charge is -2.40. The molecule has 2 aliphatic heterocycles. The number of oxazole rings is 1. The number of rotatable bonds is 14. The van der Waals surface area contributed by atoms with Gasteiger partial charge in [-0.05, 0) is 93.8 Å². The molecule has 2 saturated carbocycles. The number of anilines is 1. The van der Waals surface area contributed by atoms with Crippen molar-refractivity contribution >= 4 is 34.2 Å². The fraction of sp³-hybridized carbons (Fsp3) is 0.512. The molecule has 2 saturated heterocycles. The summed E-state index contributed by atoms with van der Waals surface area (Å²) in [6.45, 7) is 4.83. The van der Waals surface area contributed by atoms with Crippen LogP contribution in [0, 0.1) is 11.8 Å². The first-order chi connectivity index (χ1) is 28.6. The van der Waals surface area contributed by atoms with Crippen LogP contribution in [-0.2, 0) is 29.6 Å². The van der Waals surface area contributed by atoms with Gasteiger partial charge in [-0.15, -0.1) is 0 Å². The maximum Gasteiger partial charge on any atom is 0.329 e. The second kappa shape index (κ2) is 16.4. The summed E-state index contributed by atoms with van der Waals surface area (Å²) < 4.78 is 38.6. The Morgan fingerprint density at radius 1 is 1.00 bits per heavy atom. The Kier molecular flexibility index (Phi) is 10.9. The molecule has 1 N–H and O–H groups in total. The van der Waals surface area contributed by atoms with Crippen LogP contribution in [0.5, 0.6) is 0 Å². The van der Waals surface area contributed by atoms with Crippen molar-refractivity contribution in [3.8, 4) is 11.5 Å². The second-order valence-corrected chi connectivity index (χ2v) is 16.9. The van der Waals surface area contributed by atoms with E-state index in [1.54, 1.807) is 33.1 Å². The van der Waals surface area contributed by atoms with Crippen molar-refractivity contribution in [3.05, 3.63) is 82.1 Å². The summed E-state index contributed by atoms with van der Waals surface area (Å²) >= 11 is 0. The van der Waals surface area contributed by atoms with Crippen LogP contribution < -0.4 is 11.0 Å². The molecule has 4 aromatic heterocycles. The number of ketones is 2. The molecule has 1 aromatic carbocycles. The summed E-state index contributed by atoms with van der Waals surface area (Å²) in [5, 5.41) is 6.77. The average molecular weight is 810 g/mol. The molecule has 310 valence electrons. The number of carbonyl (C=O) groups is 3. The van der Waals surface area contributed by atoms with Gasteiger partial charge in [-0.3, -0.25) is 43.0 Å². The molecule has 1 amide bonds. The van der Waals surface area contributed by atoms with Crippen LogP contribution in [-0.4, -0.2) is 88.9 Å². The van der Waals surface area contributed by atoms with E-state index in [0.717, 1.165) is 79.9 Å². The van der Waals surface area contributed by atoms with Crippen LogP contribution in [0.1, 0.15) is 104 Å². The highest BCUT2D eigenvalue weighted by Crippen LogP contribution is 2.35. The molecule has 0 spiro atoms. The van der Waals surface area contributed by atoms with Crippen LogP contribution in [0.25, 0.3) is 22.5 Å². The van der Waals surface area contributed by atoms with Gasteiger partial charge in [-0.1, -0.05) is 25.0 Å². The number of aryl methyl sites for hydroxylation is 2. The minimum atomic E-state index is -2.87. The van der Waals surface area contributed by atoms with E-state index in [9.17, 15) is 28.0 Å². The van der Waals surface area contributed by atoms with Crippen molar-refractivity contribution in [3.63, 3.8) is 0 Å². The Bertz CT molecular complexity index is 2430. The lowest BCUT2D eigenvalue weighted by molar-refractivity contribution is -0.132. The number of imidazole rings is 1. The number of halogens is 2. The first-order valence-electron chi connectivity index (χ1n) is 20.8. The fourth-order valence-corrected chi connectivity index (χ4v) is 9.07. The molecule has 4 aliphatic rings. The van der Waals surface area contributed by atoms with Crippen molar-refractivity contribution in [1.29, 1.82) is 0 Å². The third-order valence-electron chi connectivity index (χ3n) is 12.7. The van der Waals surface area contributed by atoms with Gasteiger partial charge in [0.15, 0.2) is 17.2 Å². The average Bonchev–Trinajstić information content (AvgIpc) is 3.62. The molecule has 4 fully saturated rings. The lowest BCUT2D eigenvalue weighted by atomic mass is 9.92. The number of amides is 1. The Morgan fingerprint density at radius 2 is 1.80 bits per heavy atom. The highest BCUT2D eigenvalue weighted by molar-refractivity contribution is 6.04. The van der Waals surface area contributed by atoms with E-state index in [2.05, 4.69) is 30.2 Å². The number of aromatic nitrogens is 6. The van der Waals surface area contributed by atoms with E-state index in [1.807, 2.05) is 24.3 Å². The summed E-state index contributed by atoms with van der Waals surface area (Å²) in [6, 6.07) is 8.87. The van der Waals surface area contributed by atoms with Gasteiger partial charge in [-0.2, -0.15) is 5.10 Å². The first-order valence-corrected chi connectivity index (χ1v) is 20.8.